The van der Waals surface area contributed by atoms with E-state index in [0.29, 0.717) is 12.0 Å². The lowest BCUT2D eigenvalue weighted by Gasteiger charge is -2.19. The number of imidazole rings is 1. The van der Waals surface area contributed by atoms with Crippen LogP contribution < -0.4 is 0 Å². The first kappa shape index (κ1) is 24.1. The number of H-pyrrole nitrogens is 1. The Balaban J connectivity index is 1.59. The molecule has 2 N–H and O–H groups in total. The number of nitrogens with one attached hydrogen (secondary N) is 1. The van der Waals surface area contributed by atoms with Gasteiger partial charge in [0.25, 0.3) is 0 Å². The third kappa shape index (κ3) is 5.40. The molecule has 0 aliphatic heterocycles. The van der Waals surface area contributed by atoms with Crippen LogP contribution in [0.5, 0.6) is 0 Å². The zero-order valence-electron chi connectivity index (χ0n) is 20.8. The van der Waals surface area contributed by atoms with Crippen LogP contribution in [0, 0.1) is 13.8 Å². The van der Waals surface area contributed by atoms with Gasteiger partial charge in [-0.15, -0.1) is 0 Å². The summed E-state index contributed by atoms with van der Waals surface area (Å²) in [6.45, 7) is 10.5. The molecule has 0 bridgehead atoms. The first-order chi connectivity index (χ1) is 16.5. The van der Waals surface area contributed by atoms with Crippen molar-refractivity contribution < 1.29 is 14.7 Å². The Morgan fingerprint density at radius 3 is 2.23 bits per heavy atom. The standard InChI is InChI=1S/C30H30N2O3/c1-18-14-21(8-13-27(34)35)15-19(2)28(18)29-31-24-12-9-22(17-25(24)32-29)26(33)16-20-6-10-23(11-7-20)30(3,4)5/h6-15,17H,16H2,1-5H3,(H,31,32)(H,34,35)/b13-8+. The van der Waals surface area contributed by atoms with Gasteiger partial charge >= 0.3 is 5.97 Å². The summed E-state index contributed by atoms with van der Waals surface area (Å²) in [5.41, 5.74) is 8.35. The Kier molecular flexibility index (Phi) is 6.44. The van der Waals surface area contributed by atoms with Gasteiger partial charge in [-0.2, -0.15) is 0 Å². The van der Waals surface area contributed by atoms with Gasteiger partial charge in [-0.25, -0.2) is 9.78 Å². The number of hydrogen-bond donors (Lipinski definition) is 2. The van der Waals surface area contributed by atoms with Gasteiger partial charge < -0.3 is 10.1 Å². The molecule has 178 valence electrons. The molecule has 0 unspecified atom stereocenters. The molecule has 0 saturated heterocycles. The number of benzene rings is 3. The highest BCUT2D eigenvalue weighted by atomic mass is 16.4. The van der Waals surface area contributed by atoms with Gasteiger partial charge in [-0.05, 0) is 71.4 Å². The first-order valence-corrected chi connectivity index (χ1v) is 11.7. The van der Waals surface area contributed by atoms with Crippen molar-refractivity contribution in [2.75, 3.05) is 0 Å². The number of hydrogen-bond acceptors (Lipinski definition) is 3. The summed E-state index contributed by atoms with van der Waals surface area (Å²) in [5.74, 6) is -0.187. The van der Waals surface area contributed by atoms with E-state index in [9.17, 15) is 9.59 Å². The maximum absolute atomic E-state index is 13.0. The molecule has 1 aromatic heterocycles. The van der Waals surface area contributed by atoms with E-state index < -0.39 is 5.97 Å². The fourth-order valence-corrected chi connectivity index (χ4v) is 4.35. The van der Waals surface area contributed by atoms with E-state index >= 15 is 0 Å². The van der Waals surface area contributed by atoms with Gasteiger partial charge in [-0.3, -0.25) is 4.79 Å². The SMILES string of the molecule is Cc1cc(/C=C/C(=O)O)cc(C)c1-c1nc2ccc(C(=O)Cc3ccc(C(C)(C)C)cc3)cc2[nH]1. The highest BCUT2D eigenvalue weighted by Crippen LogP contribution is 2.29. The van der Waals surface area contributed by atoms with Crippen molar-refractivity contribution >= 4 is 28.9 Å². The van der Waals surface area contributed by atoms with Gasteiger partial charge in [-0.1, -0.05) is 57.2 Å². The fraction of sp³-hybridized carbons (Fsp3) is 0.233. The minimum atomic E-state index is -0.978. The number of Topliss-reactive ketones (excluding diaryl/α,β-unsaturated/α-hetero) is 1. The van der Waals surface area contributed by atoms with E-state index in [1.54, 1.807) is 6.08 Å². The van der Waals surface area contributed by atoms with Gasteiger partial charge in [0.05, 0.1) is 11.0 Å². The number of aryl methyl sites for hydroxylation is 2. The number of aliphatic carboxylic acids is 1. The normalized spacial score (nSPS) is 11.9. The topological polar surface area (TPSA) is 83.0 Å². The average Bonchev–Trinajstić information content (AvgIpc) is 3.19. The van der Waals surface area contributed by atoms with Crippen LogP contribution in [0.2, 0.25) is 0 Å². The van der Waals surface area contributed by atoms with Crippen LogP contribution in [0.25, 0.3) is 28.5 Å². The quantitative estimate of drug-likeness (QED) is 0.246. The van der Waals surface area contributed by atoms with E-state index in [1.807, 2.05) is 56.3 Å². The number of carboxylic acid groups (broad SMARTS) is 1. The summed E-state index contributed by atoms with van der Waals surface area (Å²) in [4.78, 5) is 31.9. The molecule has 0 amide bonds. The van der Waals surface area contributed by atoms with Crippen molar-refractivity contribution in [3.8, 4) is 11.4 Å². The average molecular weight is 467 g/mol. The van der Waals surface area contributed by atoms with E-state index in [1.165, 1.54) is 5.56 Å². The van der Waals surface area contributed by atoms with Gasteiger partial charge in [0, 0.05) is 23.6 Å². The zero-order valence-corrected chi connectivity index (χ0v) is 20.8. The molecule has 0 saturated carbocycles. The molecule has 0 atom stereocenters. The maximum Gasteiger partial charge on any atom is 0.328 e. The molecular weight excluding hydrogens is 436 g/mol. The highest BCUT2D eigenvalue weighted by molar-refractivity contribution is 6.00. The second-order valence-corrected chi connectivity index (χ2v) is 10.1. The van der Waals surface area contributed by atoms with Crippen LogP contribution >= 0.6 is 0 Å². The number of aromatic nitrogens is 2. The lowest BCUT2D eigenvalue weighted by Crippen LogP contribution is -2.11. The molecular formula is C30H30N2O3. The second-order valence-electron chi connectivity index (χ2n) is 10.1. The number of nitrogens with zero attached hydrogens (tertiary/aromatic N) is 1. The van der Waals surface area contributed by atoms with Crippen LogP contribution in [0.1, 0.15) is 58.9 Å². The number of ketones is 1. The predicted octanol–water partition coefficient (Wildman–Crippen LogP) is 6.67. The molecule has 4 aromatic rings. The van der Waals surface area contributed by atoms with E-state index in [-0.39, 0.29) is 11.2 Å². The van der Waals surface area contributed by atoms with E-state index in [2.05, 4.69) is 37.9 Å². The molecule has 0 spiro atoms. The summed E-state index contributed by atoms with van der Waals surface area (Å²) in [7, 11) is 0. The number of fused-ring (bicyclic) bond motifs is 1. The Morgan fingerprint density at radius 1 is 0.971 bits per heavy atom. The summed E-state index contributed by atoms with van der Waals surface area (Å²) >= 11 is 0. The Labute approximate surface area is 205 Å². The molecule has 4 rings (SSSR count). The Morgan fingerprint density at radius 2 is 1.63 bits per heavy atom. The van der Waals surface area contributed by atoms with Gasteiger partial charge in [0.2, 0.25) is 0 Å². The van der Waals surface area contributed by atoms with Crippen molar-refractivity contribution in [2.24, 2.45) is 0 Å². The van der Waals surface area contributed by atoms with Crippen LogP contribution in [-0.4, -0.2) is 26.8 Å². The third-order valence-corrected chi connectivity index (χ3v) is 6.20. The lowest BCUT2D eigenvalue weighted by atomic mass is 9.86. The van der Waals surface area contributed by atoms with Crippen molar-refractivity contribution in [1.29, 1.82) is 0 Å². The second kappa shape index (κ2) is 9.34. The molecule has 3 aromatic carbocycles. The van der Waals surface area contributed by atoms with Crippen LogP contribution in [0.3, 0.4) is 0 Å². The zero-order chi connectivity index (χ0) is 25.3. The van der Waals surface area contributed by atoms with Crippen molar-refractivity contribution in [3.05, 3.63) is 94.1 Å². The predicted molar refractivity (Wildman–Crippen MR) is 141 cm³/mol. The van der Waals surface area contributed by atoms with Crippen LogP contribution in [-0.2, 0) is 16.6 Å². The van der Waals surface area contributed by atoms with E-state index in [4.69, 9.17) is 10.1 Å². The Bertz CT molecular complexity index is 1430. The Hall–Kier alpha value is -3.99. The monoisotopic (exact) mass is 466 g/mol. The smallest absolute Gasteiger partial charge is 0.328 e. The number of aromatic amines is 1. The fourth-order valence-electron chi connectivity index (χ4n) is 4.35. The van der Waals surface area contributed by atoms with Crippen LogP contribution in [0.15, 0.2) is 60.7 Å². The van der Waals surface area contributed by atoms with Crippen molar-refractivity contribution in [3.63, 3.8) is 0 Å². The summed E-state index contributed by atoms with van der Waals surface area (Å²) < 4.78 is 0. The highest BCUT2D eigenvalue weighted by Gasteiger charge is 2.16. The molecule has 0 fully saturated rings. The largest absolute Gasteiger partial charge is 0.478 e. The molecule has 0 radical (unpaired) electrons. The number of rotatable bonds is 6. The molecule has 0 aliphatic rings. The van der Waals surface area contributed by atoms with Gasteiger partial charge in [0.15, 0.2) is 5.78 Å². The summed E-state index contributed by atoms with van der Waals surface area (Å²) in [6, 6.07) is 17.7. The molecule has 0 aliphatic carbocycles. The maximum atomic E-state index is 13.0. The van der Waals surface area contributed by atoms with Crippen molar-refractivity contribution in [2.45, 2.75) is 46.5 Å². The first-order valence-electron chi connectivity index (χ1n) is 11.7. The molecule has 5 nitrogen and oxygen atoms in total. The summed E-state index contributed by atoms with van der Waals surface area (Å²) in [5, 5.41) is 8.88. The molecule has 5 heteroatoms. The van der Waals surface area contributed by atoms with Crippen LogP contribution in [0.4, 0.5) is 0 Å². The minimum Gasteiger partial charge on any atom is -0.478 e. The lowest BCUT2D eigenvalue weighted by molar-refractivity contribution is -0.131. The molecule has 35 heavy (non-hydrogen) atoms. The molecule has 1 heterocycles. The number of carboxylic acids is 1. The third-order valence-electron chi connectivity index (χ3n) is 6.20. The summed E-state index contributed by atoms with van der Waals surface area (Å²) in [6.07, 6.45) is 3.06. The van der Waals surface area contributed by atoms with Gasteiger partial charge in [0.1, 0.15) is 5.82 Å². The number of carbonyl (C=O) groups excluding carboxylic acids is 1. The minimum absolute atomic E-state index is 0.0634. The number of carbonyl (C=O) groups is 2. The van der Waals surface area contributed by atoms with Crippen molar-refractivity contribution in [1.82, 2.24) is 9.97 Å². The van der Waals surface area contributed by atoms with E-state index in [0.717, 1.165) is 50.8 Å².